The molecular formula is C20H13ClF3N3OS2. The van der Waals surface area contributed by atoms with Crippen molar-refractivity contribution in [2.24, 2.45) is 0 Å². The van der Waals surface area contributed by atoms with Crippen LogP contribution in [0.3, 0.4) is 0 Å². The standard InChI is InChI=1S/C20H13ClF3N3OS2/c21-16-7-2-1-6-15(16)18(28)27-19(29)26-17-9-8-14(11-25-17)30-13-5-3-4-12(10-13)20(22,23)24/h1-11H,(H2,25,26,27,28,29). The summed E-state index contributed by atoms with van der Waals surface area (Å²) < 4.78 is 38.5. The van der Waals surface area contributed by atoms with E-state index in [4.69, 9.17) is 23.8 Å². The van der Waals surface area contributed by atoms with Gasteiger partial charge < -0.3 is 5.32 Å². The summed E-state index contributed by atoms with van der Waals surface area (Å²) in [5.41, 5.74) is -0.428. The molecular weight excluding hydrogens is 455 g/mol. The number of carbonyl (C=O) groups is 1. The molecule has 0 spiro atoms. The molecule has 0 radical (unpaired) electrons. The smallest absolute Gasteiger partial charge is 0.317 e. The molecule has 0 saturated carbocycles. The lowest BCUT2D eigenvalue weighted by Crippen LogP contribution is -2.34. The van der Waals surface area contributed by atoms with Gasteiger partial charge in [0.05, 0.1) is 16.1 Å². The third-order valence-corrected chi connectivity index (χ3v) is 5.22. The number of rotatable bonds is 4. The van der Waals surface area contributed by atoms with Gasteiger partial charge in [-0.25, -0.2) is 4.98 Å². The Morgan fingerprint density at radius 3 is 2.47 bits per heavy atom. The fourth-order valence-electron chi connectivity index (χ4n) is 2.35. The minimum Gasteiger partial charge on any atom is -0.317 e. The second-order valence-corrected chi connectivity index (χ2v) is 7.86. The summed E-state index contributed by atoms with van der Waals surface area (Å²) in [5, 5.41) is 5.61. The molecule has 0 aliphatic carbocycles. The Labute approximate surface area is 184 Å². The molecule has 0 aliphatic heterocycles. The second-order valence-electron chi connectivity index (χ2n) is 5.89. The molecule has 4 nitrogen and oxygen atoms in total. The van der Waals surface area contributed by atoms with Gasteiger partial charge in [-0.3, -0.25) is 10.1 Å². The van der Waals surface area contributed by atoms with Crippen molar-refractivity contribution >= 4 is 52.4 Å². The predicted molar refractivity (Wildman–Crippen MR) is 115 cm³/mol. The first-order chi connectivity index (χ1) is 14.2. The first-order valence-electron chi connectivity index (χ1n) is 8.40. The molecule has 154 valence electrons. The van der Waals surface area contributed by atoms with Gasteiger partial charge in [0.1, 0.15) is 5.82 Å². The molecule has 2 N–H and O–H groups in total. The van der Waals surface area contributed by atoms with Gasteiger partial charge in [-0.2, -0.15) is 13.2 Å². The van der Waals surface area contributed by atoms with Crippen molar-refractivity contribution in [3.8, 4) is 0 Å². The van der Waals surface area contributed by atoms with Crippen LogP contribution in [0, 0.1) is 0 Å². The van der Waals surface area contributed by atoms with Gasteiger partial charge in [-0.05, 0) is 54.7 Å². The number of benzene rings is 2. The van der Waals surface area contributed by atoms with E-state index in [9.17, 15) is 18.0 Å². The SMILES string of the molecule is O=C(NC(=S)Nc1ccc(Sc2cccc(C(F)(F)F)c2)cn1)c1ccccc1Cl. The molecule has 0 bridgehead atoms. The molecule has 1 amide bonds. The highest BCUT2D eigenvalue weighted by atomic mass is 35.5. The summed E-state index contributed by atoms with van der Waals surface area (Å²) >= 11 is 12.2. The zero-order valence-electron chi connectivity index (χ0n) is 15.0. The Balaban J connectivity index is 1.60. The van der Waals surface area contributed by atoms with Gasteiger partial charge in [0.25, 0.3) is 5.91 Å². The number of nitrogens with zero attached hydrogens (tertiary/aromatic N) is 1. The van der Waals surface area contributed by atoms with Gasteiger partial charge >= 0.3 is 6.18 Å². The van der Waals surface area contributed by atoms with E-state index in [0.29, 0.717) is 20.6 Å². The Bertz CT molecular complexity index is 1080. The number of amides is 1. The Morgan fingerprint density at radius 2 is 1.80 bits per heavy atom. The highest BCUT2D eigenvalue weighted by molar-refractivity contribution is 7.99. The average Bonchev–Trinajstić information content (AvgIpc) is 2.69. The monoisotopic (exact) mass is 467 g/mol. The van der Waals surface area contributed by atoms with Crippen LogP contribution < -0.4 is 10.6 Å². The number of aromatic nitrogens is 1. The van der Waals surface area contributed by atoms with E-state index in [0.717, 1.165) is 23.9 Å². The van der Waals surface area contributed by atoms with E-state index in [1.54, 1.807) is 42.5 Å². The normalized spacial score (nSPS) is 11.1. The first-order valence-corrected chi connectivity index (χ1v) is 10.0. The molecule has 3 rings (SSSR count). The molecule has 2 aromatic carbocycles. The van der Waals surface area contributed by atoms with Crippen LogP contribution in [0.2, 0.25) is 5.02 Å². The number of carbonyl (C=O) groups excluding carboxylic acids is 1. The largest absolute Gasteiger partial charge is 0.416 e. The van der Waals surface area contributed by atoms with E-state index in [1.165, 1.54) is 12.3 Å². The lowest BCUT2D eigenvalue weighted by Gasteiger charge is -2.10. The van der Waals surface area contributed by atoms with Gasteiger partial charge in [-0.15, -0.1) is 0 Å². The van der Waals surface area contributed by atoms with Crippen LogP contribution in [0.4, 0.5) is 19.0 Å². The summed E-state index contributed by atoms with van der Waals surface area (Å²) in [6.07, 6.45) is -2.90. The van der Waals surface area contributed by atoms with Crippen LogP contribution in [0.1, 0.15) is 15.9 Å². The molecule has 0 unspecified atom stereocenters. The maximum Gasteiger partial charge on any atom is 0.416 e. The number of nitrogens with one attached hydrogen (secondary N) is 2. The molecule has 0 fully saturated rings. The molecule has 1 aromatic heterocycles. The summed E-state index contributed by atoms with van der Waals surface area (Å²) in [5.74, 6) is -0.0947. The second kappa shape index (κ2) is 9.46. The van der Waals surface area contributed by atoms with Gasteiger partial charge in [0, 0.05) is 16.0 Å². The zero-order chi connectivity index (χ0) is 21.7. The maximum absolute atomic E-state index is 12.8. The van der Waals surface area contributed by atoms with Gasteiger partial charge in [0.15, 0.2) is 5.11 Å². The van der Waals surface area contributed by atoms with E-state index < -0.39 is 17.6 Å². The van der Waals surface area contributed by atoms with E-state index in [2.05, 4.69) is 15.6 Å². The third-order valence-electron chi connectivity index (χ3n) is 3.72. The number of thiocarbonyl (C=S) groups is 1. The summed E-state index contributed by atoms with van der Waals surface area (Å²) in [6, 6.07) is 14.9. The van der Waals surface area contributed by atoms with Crippen molar-refractivity contribution in [2.45, 2.75) is 16.0 Å². The number of pyridine rings is 1. The third kappa shape index (κ3) is 5.94. The van der Waals surface area contributed by atoms with Crippen molar-refractivity contribution in [3.05, 3.63) is 83.0 Å². The quantitative estimate of drug-likeness (QED) is 0.459. The molecule has 3 aromatic rings. The lowest BCUT2D eigenvalue weighted by atomic mass is 10.2. The van der Waals surface area contributed by atoms with E-state index in [-0.39, 0.29) is 10.7 Å². The van der Waals surface area contributed by atoms with Crippen LogP contribution >= 0.6 is 35.6 Å². The molecule has 10 heteroatoms. The van der Waals surface area contributed by atoms with Crippen molar-refractivity contribution in [3.63, 3.8) is 0 Å². The number of anilines is 1. The van der Waals surface area contributed by atoms with Crippen molar-refractivity contribution < 1.29 is 18.0 Å². The molecule has 0 atom stereocenters. The topological polar surface area (TPSA) is 54.0 Å². The van der Waals surface area contributed by atoms with Crippen LogP contribution in [0.25, 0.3) is 0 Å². The van der Waals surface area contributed by atoms with Crippen molar-refractivity contribution in [1.29, 1.82) is 0 Å². The van der Waals surface area contributed by atoms with Gasteiger partial charge in [-0.1, -0.05) is 41.6 Å². The number of hydrogen-bond acceptors (Lipinski definition) is 4. The minimum absolute atomic E-state index is 0.0331. The van der Waals surface area contributed by atoms with Crippen LogP contribution in [-0.2, 0) is 6.18 Å². The number of hydrogen-bond donors (Lipinski definition) is 2. The maximum atomic E-state index is 12.8. The Hall–Kier alpha value is -2.62. The van der Waals surface area contributed by atoms with E-state index in [1.807, 2.05) is 0 Å². The van der Waals surface area contributed by atoms with Crippen LogP contribution in [0.15, 0.2) is 76.7 Å². The van der Waals surface area contributed by atoms with Gasteiger partial charge in [0.2, 0.25) is 0 Å². The molecule has 1 heterocycles. The Morgan fingerprint density at radius 1 is 1.03 bits per heavy atom. The van der Waals surface area contributed by atoms with Crippen molar-refractivity contribution in [2.75, 3.05) is 5.32 Å². The lowest BCUT2D eigenvalue weighted by molar-refractivity contribution is -0.137. The highest BCUT2D eigenvalue weighted by Crippen LogP contribution is 2.34. The van der Waals surface area contributed by atoms with Crippen LogP contribution in [0.5, 0.6) is 0 Å². The average molecular weight is 468 g/mol. The van der Waals surface area contributed by atoms with Crippen molar-refractivity contribution in [1.82, 2.24) is 10.3 Å². The zero-order valence-corrected chi connectivity index (χ0v) is 17.4. The fraction of sp³-hybridized carbons (Fsp3) is 0.0500. The first kappa shape index (κ1) is 22.1. The summed E-state index contributed by atoms with van der Waals surface area (Å²) in [4.78, 5) is 17.4. The van der Waals surface area contributed by atoms with E-state index >= 15 is 0 Å². The summed E-state index contributed by atoms with van der Waals surface area (Å²) in [7, 11) is 0. The highest BCUT2D eigenvalue weighted by Gasteiger charge is 2.30. The summed E-state index contributed by atoms with van der Waals surface area (Å²) in [6.45, 7) is 0. The number of alkyl halides is 3. The predicted octanol–water partition coefficient (Wildman–Crippen LogP) is 6.03. The Kier molecular flexibility index (Phi) is 6.96. The minimum atomic E-state index is -4.40. The molecule has 0 saturated heterocycles. The fourth-order valence-corrected chi connectivity index (χ4v) is 3.61. The number of halogens is 4. The molecule has 30 heavy (non-hydrogen) atoms. The molecule has 0 aliphatic rings. The van der Waals surface area contributed by atoms with Crippen LogP contribution in [-0.4, -0.2) is 16.0 Å².